The molecule has 0 aliphatic heterocycles. The molecule has 43 valence electrons. The smallest absolute Gasteiger partial charge is 0.139 e. The second-order valence-electron chi connectivity index (χ2n) is 2.18. The summed E-state index contributed by atoms with van der Waals surface area (Å²) in [6.07, 6.45) is 4.07. The predicted octanol–water partition coefficient (Wildman–Crippen LogP) is 1.34. The number of hydrogen-bond donors (Lipinski definition) is 0. The van der Waals surface area contributed by atoms with E-state index in [0.29, 0.717) is 18.1 Å². The van der Waals surface area contributed by atoms with Gasteiger partial charge in [-0.1, -0.05) is 12.7 Å². The molecule has 8 heavy (non-hydrogen) atoms. The molecule has 0 amide bonds. The molecule has 1 saturated carbocycles. The summed E-state index contributed by atoms with van der Waals surface area (Å²) < 4.78 is 0. The normalized spacial score (nSPS) is 18.0. The summed E-state index contributed by atoms with van der Waals surface area (Å²) in [4.78, 5) is 10.7. The molecule has 0 N–H and O–H groups in total. The zero-order chi connectivity index (χ0) is 5.98. The molecule has 1 radical (unpaired) electrons. The van der Waals surface area contributed by atoms with Crippen molar-refractivity contribution in [3.05, 3.63) is 12.7 Å². The Kier molecular flexibility index (Phi) is 1.47. The maximum atomic E-state index is 10.7. The molecule has 1 nitrogen and oxygen atoms in total. The monoisotopic (exact) mass is 109 g/mol. The van der Waals surface area contributed by atoms with Crippen molar-refractivity contribution in [1.82, 2.24) is 0 Å². The number of allylic oxidation sites excluding steroid dienone is 1. The van der Waals surface area contributed by atoms with Gasteiger partial charge in [0.15, 0.2) is 0 Å². The van der Waals surface area contributed by atoms with Gasteiger partial charge >= 0.3 is 0 Å². The van der Waals surface area contributed by atoms with Crippen molar-refractivity contribution in [3.63, 3.8) is 0 Å². The molecule has 1 rings (SSSR count). The average molecular weight is 109 g/mol. The largest absolute Gasteiger partial charge is 0.299 e. The van der Waals surface area contributed by atoms with Crippen LogP contribution in [0.3, 0.4) is 0 Å². The summed E-state index contributed by atoms with van der Waals surface area (Å²) in [6, 6.07) is 0. The molecule has 0 unspecified atom stereocenters. The van der Waals surface area contributed by atoms with Crippen LogP contribution in [0.5, 0.6) is 0 Å². The van der Waals surface area contributed by atoms with E-state index in [1.165, 1.54) is 6.08 Å². The van der Waals surface area contributed by atoms with Gasteiger partial charge in [0.05, 0.1) is 0 Å². The highest BCUT2D eigenvalue weighted by Gasteiger charge is 2.27. The average Bonchev–Trinajstić information content (AvgIpc) is 2.45. The van der Waals surface area contributed by atoms with Crippen LogP contribution in [0.1, 0.15) is 19.3 Å². The fraction of sp³-hybridized carbons (Fsp3) is 0.571. The Bertz CT molecular complexity index is 112. The third-order valence-corrected chi connectivity index (χ3v) is 1.35. The molecule has 0 aromatic carbocycles. The Hall–Kier alpha value is -0.590. The van der Waals surface area contributed by atoms with Gasteiger partial charge in [-0.2, -0.15) is 0 Å². The van der Waals surface area contributed by atoms with Crippen molar-refractivity contribution in [2.45, 2.75) is 19.3 Å². The summed E-state index contributed by atoms with van der Waals surface area (Å²) in [6.45, 7) is 5.05. The molecule has 0 bridgehead atoms. The first kappa shape index (κ1) is 5.54. The summed E-state index contributed by atoms with van der Waals surface area (Å²) in [7, 11) is 0. The second kappa shape index (κ2) is 2.12. The SMILES string of the molecule is [CH]=CCC(=O)C1CC1. The van der Waals surface area contributed by atoms with Crippen LogP contribution in [0.25, 0.3) is 0 Å². The van der Waals surface area contributed by atoms with E-state index in [4.69, 9.17) is 6.58 Å². The van der Waals surface area contributed by atoms with Crippen molar-refractivity contribution < 1.29 is 4.79 Å². The summed E-state index contributed by atoms with van der Waals surface area (Å²) in [5.41, 5.74) is 0. The molecule has 0 atom stereocenters. The standard InChI is InChI=1S/C7H9O/c1-2-3-7(8)6-4-5-6/h1-2,6H,3-5H2. The van der Waals surface area contributed by atoms with Crippen LogP contribution in [-0.2, 0) is 4.79 Å². The lowest BCUT2D eigenvalue weighted by molar-refractivity contribution is -0.119. The van der Waals surface area contributed by atoms with Gasteiger partial charge in [0.1, 0.15) is 5.78 Å². The highest BCUT2D eigenvalue weighted by molar-refractivity contribution is 5.84. The van der Waals surface area contributed by atoms with Gasteiger partial charge in [0.25, 0.3) is 0 Å². The molecule has 1 fully saturated rings. The van der Waals surface area contributed by atoms with Crippen LogP contribution in [0.2, 0.25) is 0 Å². The first-order valence-corrected chi connectivity index (χ1v) is 2.90. The summed E-state index contributed by atoms with van der Waals surface area (Å²) >= 11 is 0. The van der Waals surface area contributed by atoms with Crippen LogP contribution in [0, 0.1) is 12.5 Å². The van der Waals surface area contributed by atoms with Crippen LogP contribution >= 0.6 is 0 Å². The zero-order valence-electron chi connectivity index (χ0n) is 4.76. The van der Waals surface area contributed by atoms with Gasteiger partial charge in [-0.25, -0.2) is 0 Å². The van der Waals surface area contributed by atoms with E-state index >= 15 is 0 Å². The molecule has 1 aliphatic carbocycles. The molecule has 0 heterocycles. The minimum atomic E-state index is 0.313. The van der Waals surface area contributed by atoms with Crippen molar-refractivity contribution in [2.75, 3.05) is 0 Å². The first-order chi connectivity index (χ1) is 3.84. The van der Waals surface area contributed by atoms with Crippen molar-refractivity contribution in [3.8, 4) is 0 Å². The quantitative estimate of drug-likeness (QED) is 0.534. The molecule has 1 heteroatoms. The van der Waals surface area contributed by atoms with Gasteiger partial charge in [-0.05, 0) is 12.8 Å². The van der Waals surface area contributed by atoms with E-state index in [-0.39, 0.29) is 0 Å². The van der Waals surface area contributed by atoms with Gasteiger partial charge in [-0.15, -0.1) is 0 Å². The number of carbonyl (C=O) groups is 1. The molecular formula is C7H9O. The summed E-state index contributed by atoms with van der Waals surface area (Å²) in [5.74, 6) is 0.683. The lowest BCUT2D eigenvalue weighted by Crippen LogP contribution is -1.96. The topological polar surface area (TPSA) is 17.1 Å². The minimum Gasteiger partial charge on any atom is -0.299 e. The Morgan fingerprint density at radius 3 is 2.75 bits per heavy atom. The fourth-order valence-electron chi connectivity index (χ4n) is 0.688. The zero-order valence-corrected chi connectivity index (χ0v) is 4.76. The highest BCUT2D eigenvalue weighted by atomic mass is 16.1. The lowest BCUT2D eigenvalue weighted by atomic mass is 10.2. The van der Waals surface area contributed by atoms with Crippen LogP contribution in [0.15, 0.2) is 6.08 Å². The van der Waals surface area contributed by atoms with Crippen molar-refractivity contribution in [1.29, 1.82) is 0 Å². The predicted molar refractivity (Wildman–Crippen MR) is 31.2 cm³/mol. The third-order valence-electron chi connectivity index (χ3n) is 1.35. The Morgan fingerprint density at radius 2 is 2.38 bits per heavy atom. The highest BCUT2D eigenvalue weighted by Crippen LogP contribution is 2.30. The number of Topliss-reactive ketones (excluding diaryl/α,β-unsaturated/α-hetero) is 1. The van der Waals surface area contributed by atoms with Gasteiger partial charge in [0, 0.05) is 12.3 Å². The number of hydrogen-bond acceptors (Lipinski definition) is 1. The molecule has 0 aromatic heterocycles. The lowest BCUT2D eigenvalue weighted by Gasteiger charge is -1.86. The van der Waals surface area contributed by atoms with E-state index in [9.17, 15) is 4.79 Å². The minimum absolute atomic E-state index is 0.313. The Balaban J connectivity index is 2.22. The second-order valence-corrected chi connectivity index (χ2v) is 2.18. The van der Waals surface area contributed by atoms with E-state index < -0.39 is 0 Å². The third kappa shape index (κ3) is 1.19. The Labute approximate surface area is 49.4 Å². The van der Waals surface area contributed by atoms with Crippen molar-refractivity contribution >= 4 is 5.78 Å². The molecular weight excluding hydrogens is 100 g/mol. The maximum Gasteiger partial charge on any atom is 0.139 e. The van der Waals surface area contributed by atoms with Gasteiger partial charge < -0.3 is 0 Å². The van der Waals surface area contributed by atoms with Gasteiger partial charge in [0.2, 0.25) is 0 Å². The first-order valence-electron chi connectivity index (χ1n) is 2.90. The van der Waals surface area contributed by atoms with E-state index in [1.807, 2.05) is 0 Å². The number of carbonyl (C=O) groups excluding carboxylic acids is 1. The van der Waals surface area contributed by atoms with Crippen molar-refractivity contribution in [2.24, 2.45) is 5.92 Å². The van der Waals surface area contributed by atoms with Crippen LogP contribution in [0.4, 0.5) is 0 Å². The van der Waals surface area contributed by atoms with Crippen LogP contribution < -0.4 is 0 Å². The molecule has 0 spiro atoms. The molecule has 0 aromatic rings. The fourth-order valence-corrected chi connectivity index (χ4v) is 0.688. The Morgan fingerprint density at radius 1 is 1.75 bits per heavy atom. The van der Waals surface area contributed by atoms with E-state index in [2.05, 4.69) is 0 Å². The molecule has 1 aliphatic rings. The molecule has 0 saturated heterocycles. The van der Waals surface area contributed by atoms with Gasteiger partial charge in [-0.3, -0.25) is 4.79 Å². The van der Waals surface area contributed by atoms with E-state index in [0.717, 1.165) is 12.8 Å². The van der Waals surface area contributed by atoms with E-state index in [1.54, 1.807) is 0 Å². The summed E-state index contributed by atoms with van der Waals surface area (Å²) in [5, 5.41) is 0. The van der Waals surface area contributed by atoms with Crippen LogP contribution in [-0.4, -0.2) is 5.78 Å². The number of rotatable bonds is 3. The number of ketones is 1. The maximum absolute atomic E-state index is 10.7.